The van der Waals surface area contributed by atoms with Crippen molar-refractivity contribution in [2.24, 2.45) is 0 Å². The van der Waals surface area contributed by atoms with Crippen molar-refractivity contribution in [1.29, 1.82) is 0 Å². The van der Waals surface area contributed by atoms with E-state index >= 15 is 0 Å². The summed E-state index contributed by atoms with van der Waals surface area (Å²) in [5.74, 6) is 0.185. The summed E-state index contributed by atoms with van der Waals surface area (Å²) in [6.45, 7) is 4.61. The van der Waals surface area contributed by atoms with E-state index in [4.69, 9.17) is 21.1 Å². The molecule has 1 aromatic carbocycles. The van der Waals surface area contributed by atoms with Crippen LogP contribution in [-0.4, -0.2) is 60.9 Å². The third-order valence-electron chi connectivity index (χ3n) is 4.71. The number of nitrogens with zero attached hydrogens (tertiary/aromatic N) is 1. The van der Waals surface area contributed by atoms with Crippen molar-refractivity contribution in [3.8, 4) is 5.75 Å². The number of likely N-dealkylation sites (N-methyl/N-ethyl adjacent to an activating group) is 1. The number of hydrogen-bond acceptors (Lipinski definition) is 5. The quantitative estimate of drug-likeness (QED) is 0.467. The first-order chi connectivity index (χ1) is 14.3. The van der Waals surface area contributed by atoms with Crippen LogP contribution in [0.4, 0.5) is 5.69 Å². The third-order valence-corrected chi connectivity index (χ3v) is 5.01. The molecule has 1 aromatic heterocycles. The number of halogens is 1. The van der Waals surface area contributed by atoms with Crippen LogP contribution in [0.5, 0.6) is 5.75 Å². The van der Waals surface area contributed by atoms with Crippen LogP contribution in [0.15, 0.2) is 18.2 Å². The van der Waals surface area contributed by atoms with E-state index in [2.05, 4.69) is 10.3 Å². The number of aryl methyl sites for hydroxylation is 1. The number of hydrogen-bond donors (Lipinski definition) is 2. The van der Waals surface area contributed by atoms with Gasteiger partial charge in [0.15, 0.2) is 6.29 Å². The molecule has 1 aliphatic rings. The Morgan fingerprint density at radius 3 is 2.87 bits per heavy atom. The molecule has 1 atom stereocenters. The zero-order chi connectivity index (χ0) is 21.8. The Balaban J connectivity index is 1.45. The minimum absolute atomic E-state index is 0.0664. The molecular weight excluding hydrogens is 410 g/mol. The van der Waals surface area contributed by atoms with Crippen LogP contribution in [0.3, 0.4) is 0 Å². The molecule has 9 heteroatoms. The molecule has 0 aliphatic carbocycles. The van der Waals surface area contributed by atoms with E-state index in [0.29, 0.717) is 54.5 Å². The molecule has 0 bridgehead atoms. The summed E-state index contributed by atoms with van der Waals surface area (Å²) in [6.07, 6.45) is 0.667. The van der Waals surface area contributed by atoms with Crippen molar-refractivity contribution in [1.82, 2.24) is 9.88 Å². The first-order valence-electron chi connectivity index (χ1n) is 9.55. The van der Waals surface area contributed by atoms with Gasteiger partial charge in [0.25, 0.3) is 5.91 Å². The van der Waals surface area contributed by atoms with Crippen molar-refractivity contribution >= 4 is 35.4 Å². The van der Waals surface area contributed by atoms with Gasteiger partial charge in [0, 0.05) is 25.0 Å². The summed E-state index contributed by atoms with van der Waals surface area (Å²) in [5.41, 5.74) is 2.93. The van der Waals surface area contributed by atoms with Gasteiger partial charge in [0.1, 0.15) is 11.9 Å². The largest absolute Gasteiger partial charge is 0.487 e. The number of fused-ring (bicyclic) bond motifs is 1. The van der Waals surface area contributed by atoms with Crippen molar-refractivity contribution in [2.75, 3.05) is 32.1 Å². The standard InChI is InChI=1S/C21H24ClN3O5/c1-12-6-15(18(10-26)23-12)21(28)25(3)4-5-29-11-13(2)30-19-7-14-8-20(27)24-17(14)9-16(19)22/h6-7,9-10,13,23H,4-5,8,11H2,1-3H3,(H,24,27)/t13-/m0/s1. The highest BCUT2D eigenvalue weighted by Crippen LogP contribution is 2.34. The van der Waals surface area contributed by atoms with Crippen molar-refractivity contribution in [3.63, 3.8) is 0 Å². The second-order valence-electron chi connectivity index (χ2n) is 7.29. The van der Waals surface area contributed by atoms with Gasteiger partial charge in [0.2, 0.25) is 5.91 Å². The predicted molar refractivity (Wildman–Crippen MR) is 113 cm³/mol. The molecule has 0 saturated heterocycles. The van der Waals surface area contributed by atoms with Gasteiger partial charge in [-0.2, -0.15) is 0 Å². The zero-order valence-corrected chi connectivity index (χ0v) is 17.8. The molecule has 0 spiro atoms. The van der Waals surface area contributed by atoms with Crippen LogP contribution in [0, 0.1) is 6.92 Å². The highest BCUT2D eigenvalue weighted by Gasteiger charge is 2.21. The van der Waals surface area contributed by atoms with Gasteiger partial charge in [-0.25, -0.2) is 0 Å². The van der Waals surface area contributed by atoms with Crippen LogP contribution in [0.25, 0.3) is 0 Å². The van der Waals surface area contributed by atoms with Gasteiger partial charge in [-0.05, 0) is 37.6 Å². The summed E-state index contributed by atoms with van der Waals surface area (Å²) < 4.78 is 11.5. The van der Waals surface area contributed by atoms with Gasteiger partial charge in [-0.15, -0.1) is 0 Å². The number of benzene rings is 1. The normalized spacial score (nSPS) is 13.5. The lowest BCUT2D eigenvalue weighted by Gasteiger charge is -2.19. The molecular formula is C21H24ClN3O5. The number of H-pyrrole nitrogens is 1. The Morgan fingerprint density at radius 1 is 1.37 bits per heavy atom. The number of ether oxygens (including phenoxy) is 2. The first-order valence-corrected chi connectivity index (χ1v) is 9.93. The molecule has 1 aliphatic heterocycles. The van der Waals surface area contributed by atoms with Crippen LogP contribution < -0.4 is 10.1 Å². The lowest BCUT2D eigenvalue weighted by Crippen LogP contribution is -2.31. The molecule has 0 unspecified atom stereocenters. The lowest BCUT2D eigenvalue weighted by molar-refractivity contribution is -0.115. The average Bonchev–Trinajstić information content (AvgIpc) is 3.25. The van der Waals surface area contributed by atoms with Crippen molar-refractivity contribution in [2.45, 2.75) is 26.4 Å². The number of aldehydes is 1. The Morgan fingerprint density at radius 2 is 2.13 bits per heavy atom. The molecule has 2 N–H and O–H groups in total. The number of carbonyl (C=O) groups is 3. The molecule has 2 heterocycles. The number of anilines is 1. The van der Waals surface area contributed by atoms with E-state index in [0.717, 1.165) is 11.3 Å². The Hall–Kier alpha value is -2.84. The number of amides is 2. The Kier molecular flexibility index (Phi) is 6.79. The van der Waals surface area contributed by atoms with Crippen molar-refractivity contribution in [3.05, 3.63) is 45.7 Å². The van der Waals surface area contributed by atoms with Gasteiger partial charge in [0.05, 0.1) is 35.9 Å². The van der Waals surface area contributed by atoms with Gasteiger partial charge in [-0.3, -0.25) is 14.4 Å². The average molecular weight is 434 g/mol. The molecule has 2 aromatic rings. The highest BCUT2D eigenvalue weighted by atomic mass is 35.5. The molecule has 160 valence electrons. The second kappa shape index (κ2) is 9.32. The molecule has 30 heavy (non-hydrogen) atoms. The number of carbonyl (C=O) groups excluding carboxylic acids is 3. The van der Waals surface area contributed by atoms with Crippen LogP contribution in [0.2, 0.25) is 5.02 Å². The minimum atomic E-state index is -0.277. The maximum Gasteiger partial charge on any atom is 0.255 e. The van der Waals surface area contributed by atoms with E-state index in [1.165, 1.54) is 4.90 Å². The van der Waals surface area contributed by atoms with Crippen LogP contribution in [0.1, 0.15) is 39.0 Å². The summed E-state index contributed by atoms with van der Waals surface area (Å²) in [7, 11) is 1.65. The SMILES string of the molecule is Cc1cc(C(=O)N(C)CCOC[C@H](C)Oc2cc3c(cc2Cl)NC(=O)C3)c(C=O)[nH]1. The fraction of sp³-hybridized carbons (Fsp3) is 0.381. The fourth-order valence-corrected chi connectivity index (χ4v) is 3.41. The second-order valence-corrected chi connectivity index (χ2v) is 7.70. The van der Waals surface area contributed by atoms with E-state index in [1.54, 1.807) is 32.2 Å². The van der Waals surface area contributed by atoms with E-state index < -0.39 is 0 Å². The van der Waals surface area contributed by atoms with E-state index in [9.17, 15) is 14.4 Å². The Labute approximate surface area is 179 Å². The number of nitrogens with one attached hydrogen (secondary N) is 2. The monoisotopic (exact) mass is 433 g/mol. The molecule has 0 saturated carbocycles. The summed E-state index contributed by atoms with van der Waals surface area (Å²) in [4.78, 5) is 39.4. The summed E-state index contributed by atoms with van der Waals surface area (Å²) in [5, 5.41) is 3.16. The van der Waals surface area contributed by atoms with Crippen LogP contribution >= 0.6 is 11.6 Å². The number of aromatic nitrogens is 1. The molecule has 3 rings (SSSR count). The molecule has 0 radical (unpaired) electrons. The Bertz CT molecular complexity index is 972. The minimum Gasteiger partial charge on any atom is -0.487 e. The molecule has 2 amide bonds. The summed E-state index contributed by atoms with van der Waals surface area (Å²) >= 11 is 6.23. The van der Waals surface area contributed by atoms with Gasteiger partial charge in [-0.1, -0.05) is 11.6 Å². The number of rotatable bonds is 9. The fourth-order valence-electron chi connectivity index (χ4n) is 3.20. The van der Waals surface area contributed by atoms with Gasteiger partial charge >= 0.3 is 0 Å². The number of aromatic amines is 1. The lowest BCUT2D eigenvalue weighted by atomic mass is 10.1. The summed E-state index contributed by atoms with van der Waals surface area (Å²) in [6, 6.07) is 5.10. The first kappa shape index (κ1) is 21.9. The maximum atomic E-state index is 12.5. The zero-order valence-electron chi connectivity index (χ0n) is 17.1. The van der Waals surface area contributed by atoms with Crippen molar-refractivity contribution < 1.29 is 23.9 Å². The topological polar surface area (TPSA) is 101 Å². The smallest absolute Gasteiger partial charge is 0.255 e. The maximum absolute atomic E-state index is 12.5. The molecule has 0 fully saturated rings. The van der Waals surface area contributed by atoms with Gasteiger partial charge < -0.3 is 24.7 Å². The van der Waals surface area contributed by atoms with E-state index in [1.807, 2.05) is 6.92 Å². The third kappa shape index (κ3) is 5.01. The van der Waals surface area contributed by atoms with E-state index in [-0.39, 0.29) is 23.6 Å². The molecule has 8 nitrogen and oxygen atoms in total. The highest BCUT2D eigenvalue weighted by molar-refractivity contribution is 6.32. The predicted octanol–water partition coefficient (Wildman–Crippen LogP) is 2.84. The van der Waals surface area contributed by atoms with Crippen LogP contribution in [-0.2, 0) is 16.0 Å².